The summed E-state index contributed by atoms with van der Waals surface area (Å²) in [6, 6.07) is 15.6. The number of carbonyl (C=O) groups excluding carboxylic acids is 13. The van der Waals surface area contributed by atoms with Crippen LogP contribution in [0.3, 0.4) is 0 Å². The third kappa shape index (κ3) is 22.5. The molecule has 4 aliphatic rings. The van der Waals surface area contributed by atoms with Crippen molar-refractivity contribution < 1.29 is 125 Å². The summed E-state index contributed by atoms with van der Waals surface area (Å²) in [6.45, 7) is 16.3. The summed E-state index contributed by atoms with van der Waals surface area (Å²) in [7, 11) is 2.96. The predicted molar refractivity (Wildman–Crippen MR) is 397 cm³/mol. The Hall–Kier alpha value is -9.77. The van der Waals surface area contributed by atoms with Crippen molar-refractivity contribution in [3.05, 3.63) is 113 Å². The minimum atomic E-state index is -2.45. The van der Waals surface area contributed by atoms with Crippen molar-refractivity contribution in [1.29, 1.82) is 0 Å². The smallest absolute Gasteiger partial charge is 0.455 e. The number of rotatable bonds is 38. The van der Waals surface area contributed by atoms with E-state index in [0.29, 0.717) is 19.4 Å². The molecule has 10 N–H and O–H groups in total. The third-order valence-electron chi connectivity index (χ3n) is 20.8. The molecule has 112 heavy (non-hydrogen) atoms. The van der Waals surface area contributed by atoms with Gasteiger partial charge in [0.1, 0.15) is 73.6 Å². The Morgan fingerprint density at radius 3 is 1.96 bits per heavy atom. The zero-order valence-corrected chi connectivity index (χ0v) is 65.6. The van der Waals surface area contributed by atoms with Crippen molar-refractivity contribution in [2.24, 2.45) is 34.3 Å². The molecule has 33 nitrogen and oxygen atoms in total. The van der Waals surface area contributed by atoms with Gasteiger partial charge in [0.2, 0.25) is 41.5 Å². The molecule has 7 amide bonds. The standard InChI is InChI=1S/C79H107N7O26/c1-44(36-55(88)53(84-60(91)42-105-35-33-103-13)26-20-21-31-81-59(90)41-104-34-32-102-12)68(94)82-47(4)69(95)85-54(38-58(80)89)70(96)83-52-29-27-49(28-30-52)40-106-74(100)109-64(62(50-22-16-14-17-23-50)86-73(99)112-75(6,7)8)72(98)108-56-39-79(101)67(110-71(97)51-24-18-15-19-25-51)65-77(11,66(93)63(92)61(46(56)3)76(79,9)10)45(2)37-57-78(65,43-107-57)111-48(5)87/h14-19,22-25,27-30,44-45,47,53-54,56-57,62-65,67,92,101H,20-21,26,31-43H2,1-13H3,(H2,80,89)(H,81,90)(H,82,94)(H,83,96)(H,84,91)(H,85,95)(H,86,99)/t44-,45-,47+,53-,54+,56?,57?,62-,63+,64?,65-,67-,77+,78-,79+/m0/s1. The second-order valence-electron chi connectivity index (χ2n) is 30.4. The average molecular weight is 1570 g/mol. The number of unbranched alkanes of at least 4 members (excludes halogenated alkanes) is 1. The number of aliphatic hydroxyl groups excluding tert-OH is 1. The molecule has 2 bridgehead atoms. The van der Waals surface area contributed by atoms with Crippen molar-refractivity contribution in [2.75, 3.05) is 72.3 Å². The number of benzene rings is 3. The van der Waals surface area contributed by atoms with E-state index in [4.69, 9.17) is 57.8 Å². The van der Waals surface area contributed by atoms with E-state index >= 15 is 9.59 Å². The topological polar surface area (TPSA) is 462 Å². The number of alkyl carbamates (subject to hydrolysis) is 1. The number of ether oxygens (including phenoxy) is 11. The largest absolute Gasteiger partial charge is 0.509 e. The Balaban J connectivity index is 1.07. The van der Waals surface area contributed by atoms with Crippen LogP contribution in [0.15, 0.2) is 96.1 Å². The fraction of sp³-hybridized carbons (Fsp3) is 0.582. The molecule has 1 saturated heterocycles. The number of Topliss-reactive ketones (excluding diaryl/α,β-unsaturated/α-hetero) is 2. The van der Waals surface area contributed by atoms with Crippen LogP contribution >= 0.6 is 0 Å². The Labute approximate surface area is 650 Å². The lowest BCUT2D eigenvalue weighted by molar-refractivity contribution is -0.340. The number of aliphatic hydroxyl groups is 2. The molecule has 33 heteroatoms. The number of esters is 3. The lowest BCUT2D eigenvalue weighted by Gasteiger charge is -2.68. The summed E-state index contributed by atoms with van der Waals surface area (Å²) in [5.41, 5.74) is -2.63. The van der Waals surface area contributed by atoms with Crippen molar-refractivity contribution in [1.82, 2.24) is 26.6 Å². The highest BCUT2D eigenvalue weighted by atomic mass is 16.7. The van der Waals surface area contributed by atoms with Gasteiger partial charge in [-0.3, -0.25) is 43.2 Å². The highest BCUT2D eigenvalue weighted by Gasteiger charge is 2.77. The molecule has 0 spiro atoms. The molecular weight excluding hydrogens is 1460 g/mol. The van der Waals surface area contributed by atoms with Crippen LogP contribution in [0, 0.1) is 28.6 Å². The predicted octanol–water partition coefficient (Wildman–Crippen LogP) is 4.39. The van der Waals surface area contributed by atoms with Crippen LogP contribution in [0.2, 0.25) is 0 Å². The quantitative estimate of drug-likeness (QED) is 0.0166. The number of nitrogens with two attached hydrogens (primary N) is 1. The minimum absolute atomic E-state index is 0.0507. The molecular formula is C79H107N7O26. The molecule has 0 radical (unpaired) electrons. The van der Waals surface area contributed by atoms with E-state index in [1.807, 2.05) is 0 Å². The molecule has 1 aliphatic heterocycles. The van der Waals surface area contributed by atoms with E-state index in [2.05, 4.69) is 31.9 Å². The molecule has 3 aromatic rings. The number of ketones is 2. The van der Waals surface area contributed by atoms with Gasteiger partial charge in [-0.15, -0.1) is 0 Å². The SMILES string of the molecule is COCCOCC(=O)NCCCC[C@H](NC(=O)COCCOC)C(=O)C[C@H](C)C(=O)N[C@H](C)C(=O)N[C@H](CC(N)=O)C(=O)Nc1ccc(COC(=O)OC(C(=O)OC2C[C@@]3(O)[C@@H](OC(=O)c4ccccc4)[C@H]4[C@](C)(C(=O)[C@H](O)C(=C2C)C3(C)C)[C@@H](C)CC2OC[C@]24OC(C)=O)[C@@H](NC(=O)OC(C)(C)C)c2ccccc2)cc1. The van der Waals surface area contributed by atoms with Crippen LogP contribution in [-0.2, 0) is 107 Å². The number of hydrogen-bond donors (Lipinski definition) is 9. The first-order valence-electron chi connectivity index (χ1n) is 37.1. The van der Waals surface area contributed by atoms with Gasteiger partial charge in [0.15, 0.2) is 17.2 Å². The zero-order chi connectivity index (χ0) is 82.6. The average Bonchev–Trinajstić information content (AvgIpc) is 0.669. The Morgan fingerprint density at radius 2 is 1.37 bits per heavy atom. The molecule has 7 rings (SSSR count). The number of hydrogen-bond acceptors (Lipinski definition) is 26. The Bertz CT molecular complexity index is 3890. The van der Waals surface area contributed by atoms with Gasteiger partial charge < -0.3 is 100.0 Å². The van der Waals surface area contributed by atoms with E-state index in [9.17, 15) is 63.0 Å². The molecule has 614 valence electrons. The number of anilines is 1. The number of carbonyl (C=O) groups is 13. The second-order valence-corrected chi connectivity index (χ2v) is 30.4. The van der Waals surface area contributed by atoms with E-state index in [0.717, 1.165) is 0 Å². The molecule has 3 unspecified atom stereocenters. The van der Waals surface area contributed by atoms with Crippen LogP contribution in [0.5, 0.6) is 0 Å². The highest BCUT2D eigenvalue weighted by Crippen LogP contribution is 2.65. The van der Waals surface area contributed by atoms with Crippen LogP contribution in [0.4, 0.5) is 15.3 Å². The van der Waals surface area contributed by atoms with Crippen molar-refractivity contribution in [3.63, 3.8) is 0 Å². The summed E-state index contributed by atoms with van der Waals surface area (Å²) in [5.74, 6) is -12.0. The van der Waals surface area contributed by atoms with Gasteiger partial charge in [0.05, 0.1) is 57.0 Å². The summed E-state index contributed by atoms with van der Waals surface area (Å²) in [4.78, 5) is 179. The number of primary amides is 1. The maximum Gasteiger partial charge on any atom is 0.509 e. The zero-order valence-electron chi connectivity index (χ0n) is 65.6. The third-order valence-corrected chi connectivity index (χ3v) is 20.8. The van der Waals surface area contributed by atoms with Crippen molar-refractivity contribution in [2.45, 2.75) is 199 Å². The van der Waals surface area contributed by atoms with E-state index in [-0.39, 0.29) is 105 Å². The fourth-order valence-electron chi connectivity index (χ4n) is 14.7. The summed E-state index contributed by atoms with van der Waals surface area (Å²) in [6.07, 6.45) is -11.7. The van der Waals surface area contributed by atoms with Gasteiger partial charge in [0, 0.05) is 63.0 Å². The molecule has 2 saturated carbocycles. The van der Waals surface area contributed by atoms with Gasteiger partial charge in [-0.1, -0.05) is 95.3 Å². The van der Waals surface area contributed by atoms with Crippen LogP contribution in [0.25, 0.3) is 0 Å². The number of nitrogens with one attached hydrogen (secondary N) is 6. The maximum atomic E-state index is 15.6. The van der Waals surface area contributed by atoms with E-state index < -0.39 is 191 Å². The summed E-state index contributed by atoms with van der Waals surface area (Å²) >= 11 is 0. The number of amides is 7. The Kier molecular flexibility index (Phi) is 31.6. The van der Waals surface area contributed by atoms with Gasteiger partial charge in [-0.05, 0) is 113 Å². The Morgan fingerprint density at radius 1 is 0.741 bits per heavy atom. The van der Waals surface area contributed by atoms with Crippen molar-refractivity contribution in [3.8, 4) is 0 Å². The van der Waals surface area contributed by atoms with Crippen LogP contribution in [-0.4, -0.2) is 220 Å². The van der Waals surface area contributed by atoms with Crippen LogP contribution in [0.1, 0.15) is 149 Å². The first kappa shape index (κ1) is 89.4. The second kappa shape index (κ2) is 39.6. The lowest BCUT2D eigenvalue weighted by Crippen LogP contribution is -2.80. The van der Waals surface area contributed by atoms with E-state index in [1.165, 1.54) is 104 Å². The van der Waals surface area contributed by atoms with Gasteiger partial charge in [-0.25, -0.2) is 19.2 Å². The molecule has 0 aromatic heterocycles. The minimum Gasteiger partial charge on any atom is -0.455 e. The van der Waals surface area contributed by atoms with Crippen molar-refractivity contribution >= 4 is 82.9 Å². The highest BCUT2D eigenvalue weighted by molar-refractivity contribution is 6.01. The molecule has 3 fully saturated rings. The van der Waals surface area contributed by atoms with Gasteiger partial charge >= 0.3 is 30.2 Å². The first-order valence-corrected chi connectivity index (χ1v) is 37.1. The molecule has 3 aliphatic carbocycles. The fourth-order valence-corrected chi connectivity index (χ4v) is 14.7. The van der Waals surface area contributed by atoms with Gasteiger partial charge in [0.25, 0.3) is 0 Å². The maximum absolute atomic E-state index is 15.6. The normalized spacial score (nSPS) is 23.8. The molecule has 1 heterocycles. The number of fused-ring (bicyclic) bond motifs is 5. The monoisotopic (exact) mass is 1570 g/mol. The molecule has 15 atom stereocenters. The number of methoxy groups -OCH3 is 2. The summed E-state index contributed by atoms with van der Waals surface area (Å²) in [5, 5.41) is 42.2. The van der Waals surface area contributed by atoms with Crippen LogP contribution < -0.4 is 37.6 Å². The van der Waals surface area contributed by atoms with E-state index in [1.54, 1.807) is 71.0 Å². The first-order chi connectivity index (χ1) is 52.8. The van der Waals surface area contributed by atoms with Gasteiger partial charge in [-0.2, -0.15) is 0 Å². The lowest BCUT2D eigenvalue weighted by atomic mass is 9.43. The summed E-state index contributed by atoms with van der Waals surface area (Å²) < 4.78 is 62.7. The molecule has 3 aromatic carbocycles.